The zero-order chi connectivity index (χ0) is 28.6. The van der Waals surface area contributed by atoms with Crippen LogP contribution in [0.15, 0.2) is 83.9 Å². The second-order valence-corrected chi connectivity index (χ2v) is 9.35. The second kappa shape index (κ2) is 12.8. The lowest BCUT2D eigenvalue weighted by molar-refractivity contribution is -0.137. The molecule has 0 bridgehead atoms. The summed E-state index contributed by atoms with van der Waals surface area (Å²) < 4.78 is 67.3. The summed E-state index contributed by atoms with van der Waals surface area (Å²) in [6, 6.07) is 18.0. The van der Waals surface area contributed by atoms with Crippen molar-refractivity contribution < 1.29 is 31.5 Å². The molecule has 3 amide bonds. The highest BCUT2D eigenvalue weighted by Crippen LogP contribution is 2.35. The summed E-state index contributed by atoms with van der Waals surface area (Å²) in [4.78, 5) is 31.4. The van der Waals surface area contributed by atoms with Crippen molar-refractivity contribution in [3.05, 3.63) is 101 Å². The van der Waals surface area contributed by atoms with Crippen LogP contribution < -0.4 is 5.32 Å². The molecule has 1 N–H and O–H groups in total. The third-order valence-corrected chi connectivity index (χ3v) is 5.95. The Hall–Kier alpha value is -3.85. The van der Waals surface area contributed by atoms with Gasteiger partial charge >= 0.3 is 12.2 Å². The van der Waals surface area contributed by atoms with Gasteiger partial charge in [0.05, 0.1) is 17.8 Å². The van der Waals surface area contributed by atoms with Crippen molar-refractivity contribution >= 4 is 33.3 Å². The molecule has 1 atom stereocenters. The lowest BCUT2D eigenvalue weighted by Gasteiger charge is -2.24. The predicted molar refractivity (Wildman–Crippen MR) is 141 cm³/mol. The van der Waals surface area contributed by atoms with E-state index >= 15 is 0 Å². The molecule has 39 heavy (non-hydrogen) atoms. The summed E-state index contributed by atoms with van der Waals surface area (Å²) in [5, 5.41) is 2.47. The molecule has 0 saturated heterocycles. The van der Waals surface area contributed by atoms with E-state index < -0.39 is 23.4 Å². The predicted octanol–water partition coefficient (Wildman–Crippen LogP) is 6.16. The fraction of sp³-hybridized carbons (Fsp3) is 0.222. The highest BCUT2D eigenvalue weighted by molar-refractivity contribution is 7.17. The van der Waals surface area contributed by atoms with E-state index in [1.54, 1.807) is 0 Å². The topological polar surface area (TPSA) is 65.0 Å². The number of carbonyl (C=O) groups excluding carboxylic acids is 2. The first kappa shape index (κ1) is 29.7. The molecule has 0 heterocycles. The van der Waals surface area contributed by atoms with Gasteiger partial charge in [-0.25, -0.2) is 9.79 Å². The van der Waals surface area contributed by atoms with Gasteiger partial charge in [-0.05, 0) is 41.8 Å². The molecule has 3 aromatic carbocycles. The molecule has 0 spiro atoms. The number of nitrogens with one attached hydrogen (secondary N) is 1. The van der Waals surface area contributed by atoms with Gasteiger partial charge in [0.15, 0.2) is 0 Å². The molecule has 6 nitrogen and oxygen atoms in total. The summed E-state index contributed by atoms with van der Waals surface area (Å²) in [5.41, 5.74) is -3.42. The number of amides is 3. The largest absolute Gasteiger partial charge is 0.416 e. The third-order valence-electron chi connectivity index (χ3n) is 5.62. The van der Waals surface area contributed by atoms with Crippen LogP contribution >= 0.6 is 9.24 Å². The summed E-state index contributed by atoms with van der Waals surface area (Å²) in [7, 11) is 2.93. The van der Waals surface area contributed by atoms with Crippen molar-refractivity contribution in [1.82, 2.24) is 15.1 Å². The molecular weight excluding hydrogens is 538 g/mol. The fourth-order valence-corrected chi connectivity index (χ4v) is 3.69. The number of aliphatic imine (C=N–C) groups is 1. The number of guanidine groups is 1. The van der Waals surface area contributed by atoms with E-state index in [-0.39, 0.29) is 29.3 Å². The van der Waals surface area contributed by atoms with Crippen molar-refractivity contribution in [2.45, 2.75) is 24.8 Å². The van der Waals surface area contributed by atoms with Gasteiger partial charge in [0.2, 0.25) is 12.4 Å². The third kappa shape index (κ3) is 8.85. The molecule has 3 rings (SSSR count). The Morgan fingerprint density at radius 1 is 0.923 bits per heavy atom. The van der Waals surface area contributed by atoms with E-state index in [4.69, 9.17) is 0 Å². The molecule has 0 aromatic heterocycles. The van der Waals surface area contributed by atoms with Gasteiger partial charge in [0, 0.05) is 19.2 Å². The maximum atomic E-state index is 13.8. The van der Waals surface area contributed by atoms with Crippen LogP contribution in [0.3, 0.4) is 0 Å². The average molecular weight is 564 g/mol. The lowest BCUT2D eigenvalue weighted by atomic mass is 10.1. The molecule has 0 aliphatic carbocycles. The second-order valence-electron chi connectivity index (χ2n) is 8.63. The number of halogens is 5. The van der Waals surface area contributed by atoms with Crippen molar-refractivity contribution in [2.75, 3.05) is 13.6 Å². The van der Waals surface area contributed by atoms with Gasteiger partial charge < -0.3 is 4.90 Å². The monoisotopic (exact) mass is 564 g/mol. The van der Waals surface area contributed by atoms with Gasteiger partial charge in [0.25, 0.3) is 5.66 Å². The molecule has 206 valence electrons. The van der Waals surface area contributed by atoms with Gasteiger partial charge in [-0.1, -0.05) is 63.8 Å². The molecular formula is C27H26F5N4O2P. The van der Waals surface area contributed by atoms with Crippen LogP contribution in [0.4, 0.5) is 32.4 Å². The number of hydrogen-bond donors (Lipinski definition) is 1. The van der Waals surface area contributed by atoms with Crippen molar-refractivity contribution in [3.63, 3.8) is 0 Å². The Morgan fingerprint density at radius 2 is 1.56 bits per heavy atom. The summed E-state index contributed by atoms with van der Waals surface area (Å²) in [6.45, 7) is 0.00294. The number of hydrogen-bond acceptors (Lipinski definition) is 3. The van der Waals surface area contributed by atoms with E-state index in [9.17, 15) is 31.5 Å². The minimum atomic E-state index is -4.64. The molecule has 0 fully saturated rings. The Labute approximate surface area is 224 Å². The Bertz CT molecular complexity index is 1310. The summed E-state index contributed by atoms with van der Waals surface area (Å²) >= 11 is 0. The smallest absolute Gasteiger partial charge is 0.327 e. The molecule has 1 unspecified atom stereocenters. The molecule has 0 saturated carbocycles. The van der Waals surface area contributed by atoms with Crippen LogP contribution in [-0.4, -0.2) is 41.8 Å². The van der Waals surface area contributed by atoms with Crippen LogP contribution in [0.2, 0.25) is 0 Å². The minimum absolute atomic E-state index is 0.177. The number of benzene rings is 3. The zero-order valence-corrected chi connectivity index (χ0v) is 22.0. The number of likely N-dealkylation sites (N-methyl/N-ethyl adjacent to an activating group) is 1. The van der Waals surface area contributed by atoms with Crippen LogP contribution in [-0.2, 0) is 29.6 Å². The SMILES string of the molecule is CN(CCc1ccccc1)C(=O)NC(=Nc1cccc(C(F)(F)F)c1)N(C=O)Cc1cccc(C(F)(F)P)c1. The maximum Gasteiger partial charge on any atom is 0.416 e. The zero-order valence-electron chi connectivity index (χ0n) is 20.8. The van der Waals surface area contributed by atoms with E-state index in [2.05, 4.69) is 10.3 Å². The molecule has 0 radical (unpaired) electrons. The summed E-state index contributed by atoms with van der Waals surface area (Å²) in [5.74, 6) is -0.371. The Balaban J connectivity index is 1.90. The lowest BCUT2D eigenvalue weighted by Crippen LogP contribution is -2.48. The normalized spacial score (nSPS) is 12.1. The van der Waals surface area contributed by atoms with Crippen molar-refractivity contribution in [3.8, 4) is 0 Å². The first-order valence-electron chi connectivity index (χ1n) is 11.7. The number of alkyl halides is 5. The summed E-state index contributed by atoms with van der Waals surface area (Å²) in [6.07, 6.45) is -3.80. The van der Waals surface area contributed by atoms with E-state index in [1.165, 1.54) is 51.5 Å². The van der Waals surface area contributed by atoms with Gasteiger partial charge in [-0.3, -0.25) is 15.0 Å². The Kier molecular flexibility index (Phi) is 9.75. The molecule has 12 heteroatoms. The van der Waals surface area contributed by atoms with Crippen molar-refractivity contribution in [2.24, 2.45) is 4.99 Å². The number of rotatable bonds is 8. The minimum Gasteiger partial charge on any atom is -0.327 e. The van der Waals surface area contributed by atoms with Crippen molar-refractivity contribution in [1.29, 1.82) is 0 Å². The standard InChI is InChI=1S/C27H26F5N4O2P/c1-35(14-13-19-7-3-2-4-8-19)25(38)34-24(33-23-12-6-10-21(16-23)26(28,29)30)36(18-37)17-20-9-5-11-22(15-20)27(31,32)39/h2-12,15-16,18H,13-14,17,39H2,1H3,(H,33,34,38). The van der Waals surface area contributed by atoms with Crippen LogP contribution in [0.25, 0.3) is 0 Å². The van der Waals surface area contributed by atoms with E-state index in [1.807, 2.05) is 30.3 Å². The number of urea groups is 1. The van der Waals surface area contributed by atoms with Crippen LogP contribution in [0, 0.1) is 0 Å². The van der Waals surface area contributed by atoms with Gasteiger partial charge in [0.1, 0.15) is 0 Å². The molecule has 0 aliphatic rings. The fourth-order valence-electron chi connectivity index (χ4n) is 3.51. The number of nitrogens with zero attached hydrogens (tertiary/aromatic N) is 3. The first-order valence-corrected chi connectivity index (χ1v) is 12.2. The number of carbonyl (C=O) groups is 2. The molecule has 3 aromatic rings. The maximum absolute atomic E-state index is 13.8. The Morgan fingerprint density at radius 3 is 2.21 bits per heavy atom. The highest BCUT2D eigenvalue weighted by atomic mass is 31.0. The van der Waals surface area contributed by atoms with Gasteiger partial charge in [-0.2, -0.15) is 22.0 Å². The quantitative estimate of drug-likeness (QED) is 0.117. The van der Waals surface area contributed by atoms with E-state index in [0.717, 1.165) is 28.7 Å². The van der Waals surface area contributed by atoms with Crippen LogP contribution in [0.1, 0.15) is 22.3 Å². The molecule has 0 aliphatic heterocycles. The van der Waals surface area contributed by atoms with Gasteiger partial charge in [-0.15, -0.1) is 0 Å². The highest BCUT2D eigenvalue weighted by Gasteiger charge is 2.30. The average Bonchev–Trinajstić information content (AvgIpc) is 2.90. The first-order chi connectivity index (χ1) is 18.4. The van der Waals surface area contributed by atoms with E-state index in [0.29, 0.717) is 19.4 Å². The van der Waals surface area contributed by atoms with Crippen LogP contribution in [0.5, 0.6) is 0 Å².